The quantitative estimate of drug-likeness (QED) is 0.720. The van der Waals surface area contributed by atoms with Crippen LogP contribution in [0.5, 0.6) is 5.75 Å². The van der Waals surface area contributed by atoms with Crippen molar-refractivity contribution in [3.8, 4) is 5.75 Å². The van der Waals surface area contributed by atoms with E-state index in [4.69, 9.17) is 9.72 Å². The van der Waals surface area contributed by atoms with Gasteiger partial charge in [0, 0.05) is 25.9 Å². The van der Waals surface area contributed by atoms with E-state index in [2.05, 4.69) is 9.88 Å². The van der Waals surface area contributed by atoms with Crippen molar-refractivity contribution in [3.63, 3.8) is 0 Å². The zero-order valence-corrected chi connectivity index (χ0v) is 14.2. The van der Waals surface area contributed by atoms with Gasteiger partial charge in [0.15, 0.2) is 5.82 Å². The number of rotatable bonds is 3. The van der Waals surface area contributed by atoms with Crippen molar-refractivity contribution in [2.75, 3.05) is 18.0 Å². The summed E-state index contributed by atoms with van der Waals surface area (Å²) in [6.45, 7) is 3.76. The molecular formula is C20H20FN3O. The van der Waals surface area contributed by atoms with E-state index in [0.717, 1.165) is 54.2 Å². The van der Waals surface area contributed by atoms with E-state index in [1.54, 1.807) is 12.1 Å². The highest BCUT2D eigenvalue weighted by Crippen LogP contribution is 2.25. The van der Waals surface area contributed by atoms with Crippen LogP contribution in [0.15, 0.2) is 48.5 Å². The molecule has 2 aromatic carbocycles. The van der Waals surface area contributed by atoms with E-state index in [0.29, 0.717) is 0 Å². The fourth-order valence-electron chi connectivity index (χ4n) is 3.27. The van der Waals surface area contributed by atoms with Crippen LogP contribution in [-0.4, -0.2) is 29.2 Å². The molecule has 1 aliphatic rings. The van der Waals surface area contributed by atoms with Gasteiger partial charge < -0.3 is 9.64 Å². The van der Waals surface area contributed by atoms with Gasteiger partial charge in [-0.15, -0.1) is 0 Å². The number of benzene rings is 2. The number of hydrogen-bond donors (Lipinski definition) is 0. The number of aromatic nitrogens is 2. The molecule has 4 rings (SSSR count). The van der Waals surface area contributed by atoms with Crippen LogP contribution in [0.1, 0.15) is 18.5 Å². The smallest absolute Gasteiger partial charge is 0.150 e. The van der Waals surface area contributed by atoms with E-state index in [1.807, 2.05) is 31.2 Å². The molecule has 0 amide bonds. The molecule has 1 fully saturated rings. The summed E-state index contributed by atoms with van der Waals surface area (Å²) in [4.78, 5) is 11.8. The number of aryl methyl sites for hydroxylation is 1. The monoisotopic (exact) mass is 337 g/mol. The summed E-state index contributed by atoms with van der Waals surface area (Å²) >= 11 is 0. The minimum atomic E-state index is -0.243. The Balaban J connectivity index is 1.45. The molecule has 2 heterocycles. The van der Waals surface area contributed by atoms with Gasteiger partial charge >= 0.3 is 0 Å². The Morgan fingerprint density at radius 3 is 2.28 bits per heavy atom. The van der Waals surface area contributed by atoms with Gasteiger partial charge in [-0.3, -0.25) is 0 Å². The third kappa shape index (κ3) is 3.40. The maximum atomic E-state index is 13.0. The average molecular weight is 337 g/mol. The SMILES string of the molecule is Cc1nc2ccccc2nc1N1CCC(Oc2ccc(F)cc2)CC1. The summed E-state index contributed by atoms with van der Waals surface area (Å²) in [5.41, 5.74) is 2.81. The van der Waals surface area contributed by atoms with Crippen molar-refractivity contribution >= 4 is 16.9 Å². The van der Waals surface area contributed by atoms with Crippen LogP contribution in [0.25, 0.3) is 11.0 Å². The van der Waals surface area contributed by atoms with Gasteiger partial charge in [-0.1, -0.05) is 12.1 Å². The molecule has 3 aromatic rings. The molecule has 1 aromatic heterocycles. The molecule has 0 radical (unpaired) electrons. The second-order valence-electron chi connectivity index (χ2n) is 6.38. The standard InChI is InChI=1S/C20H20FN3O/c1-14-20(23-19-5-3-2-4-18(19)22-14)24-12-10-17(11-13-24)25-16-8-6-15(21)7-9-16/h2-9,17H,10-13H2,1H3. The van der Waals surface area contributed by atoms with Crippen molar-refractivity contribution in [2.45, 2.75) is 25.9 Å². The highest BCUT2D eigenvalue weighted by molar-refractivity contribution is 5.76. The first kappa shape index (κ1) is 15.8. The second kappa shape index (κ2) is 6.67. The topological polar surface area (TPSA) is 38.2 Å². The summed E-state index contributed by atoms with van der Waals surface area (Å²) in [5, 5.41) is 0. The lowest BCUT2D eigenvalue weighted by atomic mass is 10.1. The van der Waals surface area contributed by atoms with Crippen LogP contribution >= 0.6 is 0 Å². The predicted molar refractivity (Wildman–Crippen MR) is 96.5 cm³/mol. The Bertz CT molecular complexity index is 874. The van der Waals surface area contributed by atoms with E-state index in [-0.39, 0.29) is 11.9 Å². The lowest BCUT2D eigenvalue weighted by Gasteiger charge is -2.33. The predicted octanol–water partition coefficient (Wildman–Crippen LogP) is 4.13. The van der Waals surface area contributed by atoms with Gasteiger partial charge in [0.1, 0.15) is 17.7 Å². The Morgan fingerprint density at radius 1 is 0.960 bits per heavy atom. The average Bonchev–Trinajstić information content (AvgIpc) is 2.64. The zero-order valence-electron chi connectivity index (χ0n) is 14.2. The highest BCUT2D eigenvalue weighted by Gasteiger charge is 2.23. The number of fused-ring (bicyclic) bond motifs is 1. The van der Waals surface area contributed by atoms with Crippen LogP contribution in [0.2, 0.25) is 0 Å². The van der Waals surface area contributed by atoms with Crippen LogP contribution in [0.4, 0.5) is 10.2 Å². The molecule has 1 saturated heterocycles. The first-order valence-corrected chi connectivity index (χ1v) is 8.59. The summed E-state index contributed by atoms with van der Waals surface area (Å²) in [6.07, 6.45) is 1.96. The van der Waals surface area contributed by atoms with E-state index in [1.165, 1.54) is 12.1 Å². The third-order valence-electron chi connectivity index (χ3n) is 4.58. The summed E-state index contributed by atoms with van der Waals surface area (Å²) in [6, 6.07) is 14.2. The Labute approximate surface area is 146 Å². The number of piperidine rings is 1. The molecule has 0 atom stereocenters. The van der Waals surface area contributed by atoms with Crippen molar-refractivity contribution < 1.29 is 9.13 Å². The molecule has 0 saturated carbocycles. The molecule has 25 heavy (non-hydrogen) atoms. The molecule has 0 spiro atoms. The molecule has 5 heteroatoms. The second-order valence-corrected chi connectivity index (χ2v) is 6.38. The Morgan fingerprint density at radius 2 is 1.60 bits per heavy atom. The molecular weight excluding hydrogens is 317 g/mol. The van der Waals surface area contributed by atoms with Crippen LogP contribution in [0, 0.1) is 12.7 Å². The molecule has 1 aliphatic heterocycles. The van der Waals surface area contributed by atoms with Crippen LogP contribution < -0.4 is 9.64 Å². The number of ether oxygens (including phenoxy) is 1. The largest absolute Gasteiger partial charge is 0.490 e. The fraction of sp³-hybridized carbons (Fsp3) is 0.300. The van der Waals surface area contributed by atoms with Gasteiger partial charge in [0.2, 0.25) is 0 Å². The van der Waals surface area contributed by atoms with Gasteiger partial charge in [0.25, 0.3) is 0 Å². The van der Waals surface area contributed by atoms with Gasteiger partial charge in [-0.25, -0.2) is 14.4 Å². The molecule has 0 unspecified atom stereocenters. The minimum absolute atomic E-state index is 0.149. The lowest BCUT2D eigenvalue weighted by Crippen LogP contribution is -2.39. The molecule has 4 nitrogen and oxygen atoms in total. The summed E-state index contributed by atoms with van der Waals surface area (Å²) < 4.78 is 18.9. The van der Waals surface area contributed by atoms with Gasteiger partial charge in [-0.05, 0) is 43.3 Å². The number of hydrogen-bond acceptors (Lipinski definition) is 4. The summed E-state index contributed by atoms with van der Waals surface area (Å²) in [5.74, 6) is 1.44. The number of para-hydroxylation sites is 2. The van der Waals surface area contributed by atoms with E-state index < -0.39 is 0 Å². The zero-order chi connectivity index (χ0) is 17.2. The van der Waals surface area contributed by atoms with Gasteiger partial charge in [0.05, 0.1) is 16.7 Å². The number of nitrogens with zero attached hydrogens (tertiary/aromatic N) is 3. The molecule has 0 aliphatic carbocycles. The number of halogens is 1. The summed E-state index contributed by atoms with van der Waals surface area (Å²) in [7, 11) is 0. The van der Waals surface area contributed by atoms with E-state index in [9.17, 15) is 4.39 Å². The third-order valence-corrected chi connectivity index (χ3v) is 4.58. The lowest BCUT2D eigenvalue weighted by molar-refractivity contribution is 0.170. The van der Waals surface area contributed by atoms with Crippen molar-refractivity contribution in [1.29, 1.82) is 0 Å². The van der Waals surface area contributed by atoms with Crippen LogP contribution in [0.3, 0.4) is 0 Å². The Hall–Kier alpha value is -2.69. The molecule has 0 N–H and O–H groups in total. The maximum absolute atomic E-state index is 13.0. The van der Waals surface area contributed by atoms with E-state index >= 15 is 0 Å². The fourth-order valence-corrected chi connectivity index (χ4v) is 3.27. The van der Waals surface area contributed by atoms with Gasteiger partial charge in [-0.2, -0.15) is 0 Å². The van der Waals surface area contributed by atoms with Crippen LogP contribution in [-0.2, 0) is 0 Å². The maximum Gasteiger partial charge on any atom is 0.150 e. The van der Waals surface area contributed by atoms with Crippen molar-refractivity contribution in [1.82, 2.24) is 9.97 Å². The highest BCUT2D eigenvalue weighted by atomic mass is 19.1. The number of anilines is 1. The van der Waals surface area contributed by atoms with Crippen molar-refractivity contribution in [3.05, 3.63) is 60.0 Å². The first-order valence-electron chi connectivity index (χ1n) is 8.59. The molecule has 0 bridgehead atoms. The molecule has 128 valence electrons. The van der Waals surface area contributed by atoms with Crippen molar-refractivity contribution in [2.24, 2.45) is 0 Å². The normalized spacial score (nSPS) is 15.5. The minimum Gasteiger partial charge on any atom is -0.490 e. The first-order chi connectivity index (χ1) is 12.2. The Kier molecular flexibility index (Phi) is 4.22.